The summed E-state index contributed by atoms with van der Waals surface area (Å²) in [6.07, 6.45) is 0. The van der Waals surface area contributed by atoms with E-state index in [0.717, 1.165) is 32.9 Å². The van der Waals surface area contributed by atoms with Gasteiger partial charge in [-0.2, -0.15) is 0 Å². The maximum atomic E-state index is 11.4. The van der Waals surface area contributed by atoms with E-state index < -0.39 is 0 Å². The molecule has 0 amide bonds. The smallest absolute Gasteiger partial charge is 0.336 e. The molecule has 0 aliphatic rings. The fraction of sp³-hybridized carbons (Fsp3) is 0.0625. The molecule has 0 saturated carbocycles. The minimum absolute atomic E-state index is 0.353. The molecule has 0 saturated heterocycles. The predicted octanol–water partition coefficient (Wildman–Crippen LogP) is 4.59. The van der Waals surface area contributed by atoms with Crippen LogP contribution in [0.4, 0.5) is 0 Å². The Morgan fingerprint density at radius 3 is 2.60 bits per heavy atom. The van der Waals surface area contributed by atoms with Crippen molar-refractivity contribution >= 4 is 48.8 Å². The summed E-state index contributed by atoms with van der Waals surface area (Å²) in [4.78, 5) is 11.4. The van der Waals surface area contributed by atoms with Crippen LogP contribution in [0.5, 0.6) is 0 Å². The molecule has 2 heterocycles. The standard InChI is InChI=1S/C16H9BrO3/c17-8-11-9-5-6-15(18)20-13(9)7-14-16(11)10-3-1-2-4-12(10)19-14/h1-7H,8H2. The van der Waals surface area contributed by atoms with Gasteiger partial charge in [0.25, 0.3) is 0 Å². The van der Waals surface area contributed by atoms with Crippen LogP contribution in [-0.2, 0) is 5.33 Å². The molecular formula is C16H9BrO3. The molecule has 2 aromatic carbocycles. The lowest BCUT2D eigenvalue weighted by Gasteiger charge is -2.04. The fourth-order valence-electron chi connectivity index (χ4n) is 2.66. The Hall–Kier alpha value is -2.07. The molecule has 0 spiro atoms. The van der Waals surface area contributed by atoms with Crippen LogP contribution >= 0.6 is 15.9 Å². The summed E-state index contributed by atoms with van der Waals surface area (Å²) < 4.78 is 11.1. The quantitative estimate of drug-likeness (QED) is 0.379. The summed E-state index contributed by atoms with van der Waals surface area (Å²) in [5.74, 6) is 0. The number of benzene rings is 2. The van der Waals surface area contributed by atoms with Crippen molar-refractivity contribution < 1.29 is 8.83 Å². The zero-order valence-electron chi connectivity index (χ0n) is 10.4. The maximum Gasteiger partial charge on any atom is 0.336 e. The largest absolute Gasteiger partial charge is 0.456 e. The number of hydrogen-bond acceptors (Lipinski definition) is 3. The molecule has 0 fully saturated rings. The number of hydrogen-bond donors (Lipinski definition) is 0. The third-order valence-electron chi connectivity index (χ3n) is 3.51. The van der Waals surface area contributed by atoms with E-state index >= 15 is 0 Å². The van der Waals surface area contributed by atoms with Gasteiger partial charge in [-0.05, 0) is 17.7 Å². The lowest BCUT2D eigenvalue weighted by atomic mass is 10.0. The Bertz CT molecular complexity index is 1010. The third-order valence-corrected chi connectivity index (χ3v) is 4.07. The van der Waals surface area contributed by atoms with Crippen LogP contribution in [0, 0.1) is 0 Å². The van der Waals surface area contributed by atoms with Gasteiger partial charge in [0, 0.05) is 33.6 Å². The van der Waals surface area contributed by atoms with Gasteiger partial charge >= 0.3 is 5.63 Å². The number of fused-ring (bicyclic) bond motifs is 4. The van der Waals surface area contributed by atoms with Gasteiger partial charge in [0.2, 0.25) is 0 Å². The summed E-state index contributed by atoms with van der Waals surface area (Å²) in [5, 5.41) is 3.74. The molecule has 4 aromatic rings. The summed E-state index contributed by atoms with van der Waals surface area (Å²) in [6, 6.07) is 13.0. The number of furan rings is 1. The average Bonchev–Trinajstić information content (AvgIpc) is 2.82. The molecule has 2 aromatic heterocycles. The van der Waals surface area contributed by atoms with E-state index in [1.807, 2.05) is 24.3 Å². The molecule has 0 N–H and O–H groups in total. The van der Waals surface area contributed by atoms with Crippen molar-refractivity contribution in [3.63, 3.8) is 0 Å². The van der Waals surface area contributed by atoms with Gasteiger partial charge in [-0.1, -0.05) is 34.1 Å². The second kappa shape index (κ2) is 4.21. The van der Waals surface area contributed by atoms with E-state index in [1.165, 1.54) is 6.07 Å². The molecule has 4 rings (SSSR count). The molecule has 0 bridgehead atoms. The van der Waals surface area contributed by atoms with E-state index in [9.17, 15) is 4.79 Å². The Morgan fingerprint density at radius 1 is 0.900 bits per heavy atom. The van der Waals surface area contributed by atoms with Gasteiger partial charge in [-0.25, -0.2) is 4.79 Å². The number of halogens is 1. The van der Waals surface area contributed by atoms with Gasteiger partial charge in [0.1, 0.15) is 16.7 Å². The van der Waals surface area contributed by atoms with Crippen LogP contribution in [0.15, 0.2) is 56.1 Å². The minimum Gasteiger partial charge on any atom is -0.456 e. The molecule has 98 valence electrons. The Balaban J connectivity index is 2.32. The summed E-state index contributed by atoms with van der Waals surface area (Å²) in [7, 11) is 0. The molecule has 0 radical (unpaired) electrons. The predicted molar refractivity (Wildman–Crippen MR) is 82.4 cm³/mol. The number of rotatable bonds is 1. The van der Waals surface area contributed by atoms with Crippen molar-refractivity contribution in [2.75, 3.05) is 0 Å². The van der Waals surface area contributed by atoms with Crippen LogP contribution in [0.1, 0.15) is 5.56 Å². The summed E-state index contributed by atoms with van der Waals surface area (Å²) in [5.41, 5.74) is 2.85. The highest BCUT2D eigenvalue weighted by atomic mass is 79.9. The molecular weight excluding hydrogens is 320 g/mol. The SMILES string of the molecule is O=c1ccc2c(CBr)c3c(cc2o1)oc1ccccc13. The topological polar surface area (TPSA) is 43.4 Å². The fourth-order valence-corrected chi connectivity index (χ4v) is 3.24. The lowest BCUT2D eigenvalue weighted by molar-refractivity contribution is 0.560. The van der Waals surface area contributed by atoms with E-state index in [4.69, 9.17) is 8.83 Å². The minimum atomic E-state index is -0.353. The van der Waals surface area contributed by atoms with Gasteiger partial charge in [0.05, 0.1) is 0 Å². The van der Waals surface area contributed by atoms with Gasteiger partial charge in [-0.3, -0.25) is 0 Å². The van der Waals surface area contributed by atoms with Crippen LogP contribution in [0.3, 0.4) is 0 Å². The van der Waals surface area contributed by atoms with Crippen molar-refractivity contribution in [2.45, 2.75) is 5.33 Å². The first-order valence-corrected chi connectivity index (χ1v) is 7.33. The Morgan fingerprint density at radius 2 is 1.75 bits per heavy atom. The molecule has 4 heteroatoms. The van der Waals surface area contributed by atoms with Gasteiger partial charge in [-0.15, -0.1) is 0 Å². The second-order valence-corrected chi connectivity index (χ2v) is 5.19. The number of alkyl halides is 1. The highest BCUT2D eigenvalue weighted by Crippen LogP contribution is 2.36. The highest BCUT2D eigenvalue weighted by Gasteiger charge is 2.15. The molecule has 0 atom stereocenters. The van der Waals surface area contributed by atoms with E-state index in [0.29, 0.717) is 10.9 Å². The molecule has 0 aliphatic carbocycles. The second-order valence-electron chi connectivity index (χ2n) is 4.63. The van der Waals surface area contributed by atoms with Gasteiger partial charge < -0.3 is 8.83 Å². The van der Waals surface area contributed by atoms with Crippen molar-refractivity contribution in [3.8, 4) is 0 Å². The molecule has 0 aliphatic heterocycles. The van der Waals surface area contributed by atoms with Crippen molar-refractivity contribution in [1.29, 1.82) is 0 Å². The number of para-hydroxylation sites is 1. The van der Waals surface area contributed by atoms with Crippen molar-refractivity contribution in [1.82, 2.24) is 0 Å². The van der Waals surface area contributed by atoms with Crippen LogP contribution in [0.25, 0.3) is 32.9 Å². The summed E-state index contributed by atoms with van der Waals surface area (Å²) >= 11 is 3.53. The highest BCUT2D eigenvalue weighted by molar-refractivity contribution is 9.08. The maximum absolute atomic E-state index is 11.4. The van der Waals surface area contributed by atoms with Crippen LogP contribution in [-0.4, -0.2) is 0 Å². The van der Waals surface area contributed by atoms with E-state index in [2.05, 4.69) is 15.9 Å². The first kappa shape index (κ1) is 11.7. The zero-order chi connectivity index (χ0) is 13.7. The average molecular weight is 329 g/mol. The zero-order valence-corrected chi connectivity index (χ0v) is 11.9. The monoisotopic (exact) mass is 328 g/mol. The van der Waals surface area contributed by atoms with E-state index in [1.54, 1.807) is 12.1 Å². The third kappa shape index (κ3) is 1.55. The Kier molecular flexibility index (Phi) is 2.47. The van der Waals surface area contributed by atoms with E-state index in [-0.39, 0.29) is 5.63 Å². The van der Waals surface area contributed by atoms with Crippen LogP contribution < -0.4 is 5.63 Å². The molecule has 20 heavy (non-hydrogen) atoms. The van der Waals surface area contributed by atoms with Crippen LogP contribution in [0.2, 0.25) is 0 Å². The molecule has 3 nitrogen and oxygen atoms in total. The van der Waals surface area contributed by atoms with Gasteiger partial charge in [0.15, 0.2) is 0 Å². The lowest BCUT2D eigenvalue weighted by Crippen LogP contribution is -1.96. The van der Waals surface area contributed by atoms with Crippen molar-refractivity contribution in [2.24, 2.45) is 0 Å². The Labute approximate surface area is 121 Å². The summed E-state index contributed by atoms with van der Waals surface area (Å²) in [6.45, 7) is 0. The molecule has 0 unspecified atom stereocenters. The van der Waals surface area contributed by atoms with Crippen molar-refractivity contribution in [3.05, 3.63) is 58.4 Å². The first-order valence-electron chi connectivity index (χ1n) is 6.21. The first-order chi connectivity index (χ1) is 9.78. The normalized spacial score (nSPS) is 11.7.